The van der Waals surface area contributed by atoms with Crippen molar-refractivity contribution in [3.05, 3.63) is 46.6 Å². The molecule has 1 aromatic heterocycles. The van der Waals surface area contributed by atoms with Gasteiger partial charge in [0, 0.05) is 17.7 Å². The van der Waals surface area contributed by atoms with E-state index >= 15 is 0 Å². The van der Waals surface area contributed by atoms with Gasteiger partial charge in [0.1, 0.15) is 17.5 Å². The second-order valence-corrected chi connectivity index (χ2v) is 10.5. The van der Waals surface area contributed by atoms with Crippen LogP contribution in [0.1, 0.15) is 62.9 Å². The lowest BCUT2D eigenvalue weighted by molar-refractivity contribution is -0.120. The largest absolute Gasteiger partial charge is 0.494 e. The van der Waals surface area contributed by atoms with Crippen LogP contribution in [0.3, 0.4) is 0 Å². The fraction of sp³-hybridized carbons (Fsp3) is 0.480. The molecule has 2 N–H and O–H groups in total. The Morgan fingerprint density at radius 3 is 2.35 bits per heavy atom. The second-order valence-electron chi connectivity index (χ2n) is 10.1. The van der Waals surface area contributed by atoms with Gasteiger partial charge in [0.25, 0.3) is 0 Å². The molecule has 2 aromatic rings. The molecule has 1 fully saturated rings. The summed E-state index contributed by atoms with van der Waals surface area (Å²) in [5, 5.41) is 6.03. The van der Waals surface area contributed by atoms with Gasteiger partial charge in [-0.2, -0.15) is 0 Å². The van der Waals surface area contributed by atoms with Crippen LogP contribution in [0.2, 0.25) is 0 Å². The zero-order chi connectivity index (χ0) is 22.6. The number of carbonyl (C=O) groups is 1. The molecule has 1 aromatic carbocycles. The number of carbonyl (C=O) groups excluding carboxylic acids is 1. The fourth-order valence-electron chi connectivity index (χ4n) is 4.75. The Balaban J connectivity index is 1.80. The number of nitrogens with one attached hydrogen (secondary N) is 2. The Bertz CT molecular complexity index is 1070. The molecule has 2 heterocycles. The van der Waals surface area contributed by atoms with E-state index in [1.807, 2.05) is 12.1 Å². The van der Waals surface area contributed by atoms with Crippen LogP contribution in [0.25, 0.3) is 11.3 Å². The number of methoxy groups -OCH3 is 1. The van der Waals surface area contributed by atoms with Crippen molar-refractivity contribution < 1.29 is 9.53 Å². The third kappa shape index (κ3) is 3.93. The van der Waals surface area contributed by atoms with Gasteiger partial charge in [0.05, 0.1) is 7.11 Å². The number of aryl methyl sites for hydroxylation is 1. The summed E-state index contributed by atoms with van der Waals surface area (Å²) < 4.78 is 5.68. The lowest BCUT2D eigenvalue weighted by atomic mass is 9.62. The number of ether oxygens (including phenoxy) is 1. The SMILES string of the molecule is COc1ccc(CC2NC(=S)NC2=O)nc1-c1cc2c(cc1C)C(C)(C)CCC2(C)C. The first-order valence-electron chi connectivity index (χ1n) is 10.8. The van der Waals surface area contributed by atoms with E-state index in [0.717, 1.165) is 29.1 Å². The highest BCUT2D eigenvalue weighted by Gasteiger charge is 2.38. The number of nitrogens with zero attached hydrogens (tertiary/aromatic N) is 1. The highest BCUT2D eigenvalue weighted by Crippen LogP contribution is 2.48. The van der Waals surface area contributed by atoms with Crippen LogP contribution in [0.4, 0.5) is 0 Å². The fourth-order valence-corrected chi connectivity index (χ4v) is 4.99. The summed E-state index contributed by atoms with van der Waals surface area (Å²) in [7, 11) is 1.67. The number of rotatable bonds is 4. The molecule has 1 amide bonds. The summed E-state index contributed by atoms with van der Waals surface area (Å²) in [6.45, 7) is 11.5. The minimum atomic E-state index is -0.398. The number of benzene rings is 1. The maximum absolute atomic E-state index is 12.1. The summed E-state index contributed by atoms with van der Waals surface area (Å²) in [4.78, 5) is 17.0. The molecular formula is C25H31N3O2S. The molecule has 164 valence electrons. The summed E-state index contributed by atoms with van der Waals surface area (Å²) in [5.74, 6) is 0.622. The first kappa shape index (κ1) is 21.8. The first-order chi connectivity index (χ1) is 14.5. The molecule has 0 saturated carbocycles. The van der Waals surface area contributed by atoms with Gasteiger partial charge in [-0.15, -0.1) is 0 Å². The zero-order valence-corrected chi connectivity index (χ0v) is 20.0. The van der Waals surface area contributed by atoms with Crippen LogP contribution >= 0.6 is 12.2 Å². The highest BCUT2D eigenvalue weighted by atomic mass is 32.1. The Morgan fingerprint density at radius 2 is 1.77 bits per heavy atom. The molecule has 5 nitrogen and oxygen atoms in total. The van der Waals surface area contributed by atoms with Crippen LogP contribution in [0.15, 0.2) is 24.3 Å². The van der Waals surface area contributed by atoms with E-state index in [9.17, 15) is 4.79 Å². The molecule has 6 heteroatoms. The van der Waals surface area contributed by atoms with Crippen molar-refractivity contribution in [2.75, 3.05) is 7.11 Å². The van der Waals surface area contributed by atoms with Gasteiger partial charge in [-0.25, -0.2) is 4.98 Å². The van der Waals surface area contributed by atoms with Gasteiger partial charge in [-0.1, -0.05) is 33.8 Å². The molecule has 1 aliphatic carbocycles. The van der Waals surface area contributed by atoms with E-state index in [-0.39, 0.29) is 16.7 Å². The third-order valence-electron chi connectivity index (χ3n) is 6.86. The summed E-state index contributed by atoms with van der Waals surface area (Å²) in [6.07, 6.45) is 2.80. The van der Waals surface area contributed by atoms with Crippen molar-refractivity contribution in [3.8, 4) is 17.0 Å². The molecular weight excluding hydrogens is 406 g/mol. The summed E-state index contributed by atoms with van der Waals surface area (Å²) in [5.41, 5.74) is 7.01. The van der Waals surface area contributed by atoms with Crippen molar-refractivity contribution in [2.45, 2.75) is 70.8 Å². The Labute approximate surface area is 190 Å². The zero-order valence-electron chi connectivity index (χ0n) is 19.2. The second kappa shape index (κ2) is 7.59. The summed E-state index contributed by atoms with van der Waals surface area (Å²) in [6, 6.07) is 8.11. The monoisotopic (exact) mass is 437 g/mol. The smallest absolute Gasteiger partial charge is 0.249 e. The lowest BCUT2D eigenvalue weighted by Crippen LogP contribution is -2.34. The molecule has 31 heavy (non-hydrogen) atoms. The Kier molecular flexibility index (Phi) is 5.32. The highest BCUT2D eigenvalue weighted by molar-refractivity contribution is 7.80. The van der Waals surface area contributed by atoms with Crippen LogP contribution in [-0.2, 0) is 22.0 Å². The number of thiocarbonyl (C=S) groups is 1. The lowest BCUT2D eigenvalue weighted by Gasteiger charge is -2.42. The quantitative estimate of drug-likeness (QED) is 0.697. The average Bonchev–Trinajstić information content (AvgIpc) is 3.02. The maximum atomic E-state index is 12.1. The van der Waals surface area contributed by atoms with Gasteiger partial charge in [0.2, 0.25) is 5.91 Å². The van der Waals surface area contributed by atoms with Crippen molar-refractivity contribution in [2.24, 2.45) is 0 Å². The standard InChI is InChI=1S/C25H31N3O2S/c1-14-11-17-18(25(4,5)10-9-24(17,2)3)13-16(14)21-20(30-6)8-7-15(26-21)12-19-22(29)28-23(31)27-19/h7-8,11,13,19H,9-10,12H2,1-6H3,(H2,27,28,29,31). The predicted molar refractivity (Wildman–Crippen MR) is 128 cm³/mol. The minimum Gasteiger partial charge on any atom is -0.494 e. The number of hydrogen-bond acceptors (Lipinski definition) is 4. The Morgan fingerprint density at radius 1 is 1.13 bits per heavy atom. The van der Waals surface area contributed by atoms with Crippen molar-refractivity contribution in [1.82, 2.24) is 15.6 Å². The topological polar surface area (TPSA) is 63.2 Å². The summed E-state index contributed by atoms with van der Waals surface area (Å²) >= 11 is 5.06. The van der Waals surface area contributed by atoms with Crippen molar-refractivity contribution >= 4 is 23.2 Å². The van der Waals surface area contributed by atoms with Gasteiger partial charge in [-0.05, 0) is 77.7 Å². The molecule has 1 saturated heterocycles. The number of fused-ring (bicyclic) bond motifs is 1. The maximum Gasteiger partial charge on any atom is 0.249 e. The number of amides is 1. The normalized spacial score (nSPS) is 21.3. The van der Waals surface area contributed by atoms with Crippen LogP contribution in [0.5, 0.6) is 5.75 Å². The average molecular weight is 438 g/mol. The van der Waals surface area contributed by atoms with Gasteiger partial charge < -0.3 is 15.4 Å². The van der Waals surface area contributed by atoms with E-state index in [1.165, 1.54) is 23.1 Å². The molecule has 0 radical (unpaired) electrons. The molecule has 1 atom stereocenters. The van der Waals surface area contributed by atoms with E-state index in [1.54, 1.807) is 7.11 Å². The van der Waals surface area contributed by atoms with Crippen molar-refractivity contribution in [1.29, 1.82) is 0 Å². The van der Waals surface area contributed by atoms with E-state index in [0.29, 0.717) is 11.5 Å². The van der Waals surface area contributed by atoms with Gasteiger partial charge in [-0.3, -0.25) is 4.79 Å². The van der Waals surface area contributed by atoms with Crippen molar-refractivity contribution in [3.63, 3.8) is 0 Å². The van der Waals surface area contributed by atoms with E-state index in [4.69, 9.17) is 21.9 Å². The molecule has 2 aliphatic rings. The number of hydrogen-bond donors (Lipinski definition) is 2. The number of aromatic nitrogens is 1. The third-order valence-corrected chi connectivity index (χ3v) is 7.08. The minimum absolute atomic E-state index is 0.111. The molecule has 0 spiro atoms. The molecule has 0 bridgehead atoms. The van der Waals surface area contributed by atoms with Crippen LogP contribution in [-0.4, -0.2) is 29.2 Å². The van der Waals surface area contributed by atoms with Crippen LogP contribution < -0.4 is 15.4 Å². The van der Waals surface area contributed by atoms with Gasteiger partial charge in [0.15, 0.2) is 5.11 Å². The van der Waals surface area contributed by atoms with E-state index in [2.05, 4.69) is 57.4 Å². The molecule has 1 unspecified atom stereocenters. The molecule has 4 rings (SSSR count). The Hall–Kier alpha value is -2.47. The van der Waals surface area contributed by atoms with E-state index < -0.39 is 6.04 Å². The first-order valence-corrected chi connectivity index (χ1v) is 11.2. The molecule has 1 aliphatic heterocycles. The predicted octanol–water partition coefficient (Wildman–Crippen LogP) is 4.33. The van der Waals surface area contributed by atoms with Gasteiger partial charge >= 0.3 is 0 Å². The number of pyridine rings is 1. The van der Waals surface area contributed by atoms with Crippen LogP contribution in [0, 0.1) is 6.92 Å².